The summed E-state index contributed by atoms with van der Waals surface area (Å²) in [4.78, 5) is 20.8. The number of carboxylic acid groups (broad SMARTS) is 1. The molecule has 1 aliphatic heterocycles. The van der Waals surface area contributed by atoms with Crippen LogP contribution in [0.1, 0.15) is 59.9 Å². The largest absolute Gasteiger partial charge is 0.494 e. The van der Waals surface area contributed by atoms with Crippen molar-refractivity contribution in [2.24, 2.45) is 7.05 Å². The van der Waals surface area contributed by atoms with E-state index in [1.54, 1.807) is 12.3 Å². The molecule has 0 fully saturated rings. The molecule has 0 saturated carbocycles. The number of anilines is 1. The van der Waals surface area contributed by atoms with Crippen LogP contribution >= 0.6 is 0 Å². The van der Waals surface area contributed by atoms with E-state index in [-0.39, 0.29) is 12.2 Å². The molecule has 0 radical (unpaired) electrons. The minimum absolute atomic E-state index is 0.127. The molecular weight excluding hydrogens is 435 g/mol. The number of aromatic nitrogens is 3. The number of nitrogens with one attached hydrogen (secondary N) is 1. The van der Waals surface area contributed by atoms with Gasteiger partial charge in [0.05, 0.1) is 19.4 Å². The van der Waals surface area contributed by atoms with E-state index in [0.717, 1.165) is 62.3 Å². The first-order chi connectivity index (χ1) is 16.5. The number of ether oxygens (including phenoxy) is 1. The Bertz CT molecular complexity index is 1160. The number of benzene rings is 1. The van der Waals surface area contributed by atoms with Gasteiger partial charge in [-0.3, -0.25) is 4.79 Å². The van der Waals surface area contributed by atoms with Crippen LogP contribution in [-0.2, 0) is 31.1 Å². The predicted molar refractivity (Wildman–Crippen MR) is 128 cm³/mol. The van der Waals surface area contributed by atoms with Crippen molar-refractivity contribution in [2.75, 3.05) is 19.0 Å². The molecule has 0 aliphatic carbocycles. The van der Waals surface area contributed by atoms with Crippen LogP contribution in [0.3, 0.4) is 0 Å². The highest BCUT2D eigenvalue weighted by Gasteiger charge is 2.24. The number of fused-ring (bicyclic) bond motifs is 1. The average molecular weight is 467 g/mol. The zero-order chi connectivity index (χ0) is 24.1. The maximum Gasteiger partial charge on any atom is 0.304 e. The van der Waals surface area contributed by atoms with Crippen molar-refractivity contribution in [3.8, 4) is 5.75 Å². The molecule has 3 aromatic rings. The number of halogens is 1. The Balaban J connectivity index is 1.41. The summed E-state index contributed by atoms with van der Waals surface area (Å²) >= 11 is 0. The van der Waals surface area contributed by atoms with Gasteiger partial charge in [-0.1, -0.05) is 12.1 Å². The van der Waals surface area contributed by atoms with Gasteiger partial charge in [0.2, 0.25) is 0 Å². The number of pyridine rings is 1. The number of nitrogens with zero attached hydrogens (tertiary/aromatic N) is 3. The molecule has 0 amide bonds. The van der Waals surface area contributed by atoms with E-state index in [0.29, 0.717) is 11.4 Å². The number of hydrogen-bond donors (Lipinski definition) is 2. The second kappa shape index (κ2) is 10.7. The van der Waals surface area contributed by atoms with E-state index in [2.05, 4.69) is 22.4 Å². The van der Waals surface area contributed by atoms with Crippen molar-refractivity contribution in [3.05, 3.63) is 70.7 Å². The Kier molecular flexibility index (Phi) is 7.45. The van der Waals surface area contributed by atoms with Crippen molar-refractivity contribution in [3.63, 3.8) is 0 Å². The lowest BCUT2D eigenvalue weighted by atomic mass is 9.94. The first kappa shape index (κ1) is 23.7. The van der Waals surface area contributed by atoms with Gasteiger partial charge >= 0.3 is 5.97 Å². The lowest BCUT2D eigenvalue weighted by molar-refractivity contribution is -0.137. The molecule has 3 heterocycles. The molecule has 180 valence electrons. The number of carboxylic acids is 1. The van der Waals surface area contributed by atoms with Gasteiger partial charge in [0.25, 0.3) is 0 Å². The molecule has 1 aromatic carbocycles. The van der Waals surface area contributed by atoms with Crippen molar-refractivity contribution in [1.82, 2.24) is 14.5 Å². The second-order valence-electron chi connectivity index (χ2n) is 8.76. The molecular formula is C26H31FN4O3. The van der Waals surface area contributed by atoms with Crippen LogP contribution in [-0.4, -0.2) is 39.3 Å². The van der Waals surface area contributed by atoms with E-state index in [1.165, 1.54) is 24.8 Å². The van der Waals surface area contributed by atoms with Crippen LogP contribution in [0.15, 0.2) is 36.5 Å². The smallest absolute Gasteiger partial charge is 0.304 e. The summed E-state index contributed by atoms with van der Waals surface area (Å²) in [5.74, 6) is -0.260. The highest BCUT2D eigenvalue weighted by molar-refractivity contribution is 5.68. The van der Waals surface area contributed by atoms with E-state index < -0.39 is 17.7 Å². The molecule has 0 saturated heterocycles. The van der Waals surface area contributed by atoms with E-state index in [1.807, 2.05) is 11.6 Å². The highest BCUT2D eigenvalue weighted by Crippen LogP contribution is 2.31. The molecule has 7 nitrogen and oxygen atoms in total. The summed E-state index contributed by atoms with van der Waals surface area (Å²) in [5.41, 5.74) is 3.99. The molecule has 8 heteroatoms. The zero-order valence-corrected chi connectivity index (χ0v) is 19.7. The Morgan fingerprint density at radius 1 is 1.26 bits per heavy atom. The fourth-order valence-corrected chi connectivity index (χ4v) is 4.57. The van der Waals surface area contributed by atoms with Gasteiger partial charge in [-0.2, -0.15) is 0 Å². The highest BCUT2D eigenvalue weighted by atomic mass is 19.1. The number of rotatable bonds is 10. The number of carbonyl (C=O) groups is 1. The lowest BCUT2D eigenvalue weighted by Crippen LogP contribution is -2.14. The molecule has 1 atom stereocenters. The minimum atomic E-state index is -0.960. The minimum Gasteiger partial charge on any atom is -0.494 e. The van der Waals surface area contributed by atoms with E-state index in [9.17, 15) is 14.3 Å². The third-order valence-corrected chi connectivity index (χ3v) is 6.46. The van der Waals surface area contributed by atoms with Crippen molar-refractivity contribution in [1.29, 1.82) is 0 Å². The van der Waals surface area contributed by atoms with Crippen LogP contribution in [0.5, 0.6) is 5.75 Å². The summed E-state index contributed by atoms with van der Waals surface area (Å²) in [5, 5.41) is 12.8. The average Bonchev–Trinajstić information content (AvgIpc) is 3.20. The van der Waals surface area contributed by atoms with E-state index in [4.69, 9.17) is 9.72 Å². The zero-order valence-electron chi connectivity index (χ0n) is 19.7. The fraction of sp³-hybridized carbons (Fsp3) is 0.423. The molecule has 2 aromatic heterocycles. The third-order valence-electron chi connectivity index (χ3n) is 6.46. The standard InChI is InChI=1S/C26H31FN4O3/c1-31-20(8-4-3-7-19-11-9-17-6-5-13-28-25(17)30-19)16-29-26(31)21(15-24(32)33)18-10-12-23(34-2)22(27)14-18/h9-12,14,16,21H,3-8,13,15H2,1-2H3,(H,28,30)(H,32,33). The molecule has 1 aliphatic rings. The number of aryl methyl sites for hydroxylation is 3. The Morgan fingerprint density at radius 3 is 2.85 bits per heavy atom. The van der Waals surface area contributed by atoms with Gasteiger partial charge in [0, 0.05) is 31.2 Å². The first-order valence-corrected chi connectivity index (χ1v) is 11.7. The van der Waals surface area contributed by atoms with Gasteiger partial charge in [-0.05, 0) is 67.9 Å². The number of methoxy groups -OCH3 is 1. The SMILES string of the molecule is COc1ccc(C(CC(=O)O)c2ncc(CCCCc3ccc4c(n3)NCCC4)n2C)cc1F. The molecule has 34 heavy (non-hydrogen) atoms. The van der Waals surface area contributed by atoms with Gasteiger partial charge in [-0.25, -0.2) is 14.4 Å². The van der Waals surface area contributed by atoms with Crippen molar-refractivity contribution >= 4 is 11.8 Å². The number of hydrogen-bond acceptors (Lipinski definition) is 5. The fourth-order valence-electron chi connectivity index (χ4n) is 4.57. The van der Waals surface area contributed by atoms with Gasteiger partial charge in [0.15, 0.2) is 11.6 Å². The van der Waals surface area contributed by atoms with Crippen LogP contribution in [0.4, 0.5) is 10.2 Å². The Labute approximate surface area is 199 Å². The molecule has 1 unspecified atom stereocenters. The summed E-state index contributed by atoms with van der Waals surface area (Å²) in [6.07, 6.45) is 7.56. The number of imidazole rings is 1. The normalized spacial score (nSPS) is 13.7. The maximum atomic E-state index is 14.3. The number of aliphatic carboxylic acids is 1. The Morgan fingerprint density at radius 2 is 2.09 bits per heavy atom. The Hall–Kier alpha value is -3.42. The van der Waals surface area contributed by atoms with Gasteiger partial charge in [-0.15, -0.1) is 0 Å². The summed E-state index contributed by atoms with van der Waals surface area (Å²) in [6, 6.07) is 8.86. The summed E-state index contributed by atoms with van der Waals surface area (Å²) in [7, 11) is 3.29. The molecule has 0 spiro atoms. The van der Waals surface area contributed by atoms with Crippen LogP contribution in [0.2, 0.25) is 0 Å². The molecule has 2 N–H and O–H groups in total. The lowest BCUT2D eigenvalue weighted by Gasteiger charge is -2.17. The first-order valence-electron chi connectivity index (χ1n) is 11.7. The van der Waals surface area contributed by atoms with Gasteiger partial charge < -0.3 is 19.7 Å². The van der Waals surface area contributed by atoms with E-state index >= 15 is 0 Å². The van der Waals surface area contributed by atoms with Crippen molar-refractivity contribution < 1.29 is 19.0 Å². The second-order valence-corrected chi connectivity index (χ2v) is 8.76. The monoisotopic (exact) mass is 466 g/mol. The quantitative estimate of drug-likeness (QED) is 0.428. The predicted octanol–water partition coefficient (Wildman–Crippen LogP) is 4.49. The maximum absolute atomic E-state index is 14.3. The van der Waals surface area contributed by atoms with Crippen LogP contribution in [0.25, 0.3) is 0 Å². The summed E-state index contributed by atoms with van der Waals surface area (Å²) < 4.78 is 21.2. The number of unbranched alkanes of at least 4 members (excludes halogenated alkanes) is 1. The molecule has 4 rings (SSSR count). The van der Waals surface area contributed by atoms with Crippen LogP contribution in [0, 0.1) is 5.82 Å². The third kappa shape index (κ3) is 5.38. The van der Waals surface area contributed by atoms with Crippen molar-refractivity contribution in [2.45, 2.75) is 50.9 Å². The molecule has 0 bridgehead atoms. The topological polar surface area (TPSA) is 89.3 Å². The van der Waals surface area contributed by atoms with Gasteiger partial charge in [0.1, 0.15) is 11.6 Å². The van der Waals surface area contributed by atoms with Crippen LogP contribution < -0.4 is 10.1 Å². The summed E-state index contributed by atoms with van der Waals surface area (Å²) in [6.45, 7) is 0.984.